The first-order chi connectivity index (χ1) is 14.9. The van der Waals surface area contributed by atoms with Crippen molar-refractivity contribution in [3.8, 4) is 17.3 Å². The van der Waals surface area contributed by atoms with Crippen molar-refractivity contribution in [1.29, 1.82) is 5.26 Å². The largest absolute Gasteiger partial charge is 0.368 e. The van der Waals surface area contributed by atoms with E-state index in [2.05, 4.69) is 15.3 Å². The van der Waals surface area contributed by atoms with Gasteiger partial charge in [0.05, 0.1) is 23.4 Å². The van der Waals surface area contributed by atoms with Crippen LogP contribution in [0.4, 0.5) is 16.2 Å². The maximum absolute atomic E-state index is 14.1. The molecule has 0 aliphatic heterocycles. The van der Waals surface area contributed by atoms with Gasteiger partial charge in [0.25, 0.3) is 0 Å². The van der Waals surface area contributed by atoms with Crippen LogP contribution in [0, 0.1) is 17.1 Å². The summed E-state index contributed by atoms with van der Waals surface area (Å²) >= 11 is 0. The van der Waals surface area contributed by atoms with Crippen molar-refractivity contribution in [2.45, 2.75) is 13.0 Å². The summed E-state index contributed by atoms with van der Waals surface area (Å²) in [5, 5.41) is 13.0. The molecule has 0 saturated carbocycles. The Hall–Kier alpha value is -4.25. The van der Waals surface area contributed by atoms with E-state index in [4.69, 9.17) is 5.73 Å². The quantitative estimate of drug-likeness (QED) is 0.526. The molecule has 4 aromatic rings. The maximum Gasteiger partial charge on any atom is 0.222 e. The summed E-state index contributed by atoms with van der Waals surface area (Å²) in [5.41, 5.74) is 7.99. The first kappa shape index (κ1) is 20.0. The average Bonchev–Trinajstić information content (AvgIpc) is 2.76. The minimum absolute atomic E-state index is 0.00506. The van der Waals surface area contributed by atoms with Gasteiger partial charge in [0.15, 0.2) is 5.43 Å². The van der Waals surface area contributed by atoms with Crippen LogP contribution in [0.1, 0.15) is 24.1 Å². The molecule has 0 aliphatic rings. The van der Waals surface area contributed by atoms with Crippen LogP contribution >= 0.6 is 0 Å². The van der Waals surface area contributed by atoms with Crippen molar-refractivity contribution in [2.75, 3.05) is 11.1 Å². The number of nitrogens with two attached hydrogens (primary N) is 1. The topological polar surface area (TPSA) is 110 Å². The summed E-state index contributed by atoms with van der Waals surface area (Å²) in [7, 11) is 1.83. The summed E-state index contributed by atoms with van der Waals surface area (Å²) < 4.78 is 15.9. The van der Waals surface area contributed by atoms with Crippen molar-refractivity contribution in [3.05, 3.63) is 81.9 Å². The van der Waals surface area contributed by atoms with Gasteiger partial charge in [-0.3, -0.25) is 4.79 Å². The summed E-state index contributed by atoms with van der Waals surface area (Å²) in [6, 6.07) is 14.8. The van der Waals surface area contributed by atoms with Gasteiger partial charge >= 0.3 is 0 Å². The van der Waals surface area contributed by atoms with E-state index in [0.717, 1.165) is 5.52 Å². The molecule has 2 aromatic heterocycles. The molecule has 0 radical (unpaired) electrons. The fraction of sp³-hybridized carbons (Fsp3) is 0.130. The molecule has 3 N–H and O–H groups in total. The fourth-order valence-electron chi connectivity index (χ4n) is 3.76. The highest BCUT2D eigenvalue weighted by atomic mass is 19.1. The number of nitrogens with zero attached hydrogens (tertiary/aromatic N) is 4. The number of nitriles is 1. The Kier molecular flexibility index (Phi) is 5.09. The normalized spacial score (nSPS) is 11.8. The van der Waals surface area contributed by atoms with Gasteiger partial charge in [-0.15, -0.1) is 0 Å². The molecule has 1 atom stereocenters. The van der Waals surface area contributed by atoms with Gasteiger partial charge in [0, 0.05) is 23.6 Å². The highest BCUT2D eigenvalue weighted by molar-refractivity contribution is 5.84. The monoisotopic (exact) mass is 414 g/mol. The van der Waals surface area contributed by atoms with E-state index >= 15 is 0 Å². The molecular weight excluding hydrogens is 395 g/mol. The van der Waals surface area contributed by atoms with Crippen molar-refractivity contribution >= 4 is 22.7 Å². The third-order valence-corrected chi connectivity index (χ3v) is 5.16. The lowest BCUT2D eigenvalue weighted by Gasteiger charge is -2.23. The predicted octanol–water partition coefficient (Wildman–Crippen LogP) is 3.76. The first-order valence-electron chi connectivity index (χ1n) is 9.57. The van der Waals surface area contributed by atoms with E-state index in [-0.39, 0.29) is 22.8 Å². The Bertz CT molecular complexity index is 1410. The third kappa shape index (κ3) is 3.57. The molecule has 2 aromatic carbocycles. The number of hydrogen-bond donors (Lipinski definition) is 2. The second kappa shape index (κ2) is 7.88. The van der Waals surface area contributed by atoms with Crippen LogP contribution in [0.3, 0.4) is 0 Å². The summed E-state index contributed by atoms with van der Waals surface area (Å²) in [5.74, 6) is -0.173. The Morgan fingerprint density at radius 3 is 2.74 bits per heavy atom. The zero-order chi connectivity index (χ0) is 22.1. The maximum atomic E-state index is 14.1. The number of benzene rings is 2. The highest BCUT2D eigenvalue weighted by Crippen LogP contribution is 2.31. The fourth-order valence-corrected chi connectivity index (χ4v) is 3.76. The zero-order valence-corrected chi connectivity index (χ0v) is 16.9. The number of halogens is 1. The van der Waals surface area contributed by atoms with Gasteiger partial charge in [0.1, 0.15) is 23.3 Å². The van der Waals surface area contributed by atoms with Crippen LogP contribution in [0.25, 0.3) is 22.2 Å². The number of rotatable bonds is 4. The number of aryl methyl sites for hydroxylation is 1. The summed E-state index contributed by atoms with van der Waals surface area (Å²) in [4.78, 5) is 21.5. The second-order valence-electron chi connectivity index (χ2n) is 7.15. The first-order valence-corrected chi connectivity index (χ1v) is 9.57. The van der Waals surface area contributed by atoms with Crippen molar-refractivity contribution in [1.82, 2.24) is 14.5 Å². The zero-order valence-electron chi connectivity index (χ0n) is 16.9. The molecule has 0 bridgehead atoms. The third-order valence-electron chi connectivity index (χ3n) is 5.16. The molecule has 0 amide bonds. The molecule has 0 spiro atoms. The number of aromatic nitrogens is 3. The number of nitrogen functional groups attached to an aromatic ring is 1. The van der Waals surface area contributed by atoms with Crippen LogP contribution in [0.5, 0.6) is 0 Å². The number of anilines is 2. The number of hydrogen-bond acceptors (Lipinski definition) is 6. The van der Waals surface area contributed by atoms with Crippen molar-refractivity contribution in [3.63, 3.8) is 0 Å². The van der Waals surface area contributed by atoms with E-state index in [0.29, 0.717) is 22.2 Å². The minimum Gasteiger partial charge on any atom is -0.368 e. The number of nitrogens with one attached hydrogen (secondary N) is 1. The molecule has 8 heteroatoms. The predicted molar refractivity (Wildman–Crippen MR) is 118 cm³/mol. The molecule has 31 heavy (non-hydrogen) atoms. The summed E-state index contributed by atoms with van der Waals surface area (Å²) in [6.45, 7) is 1.79. The minimum atomic E-state index is -0.567. The van der Waals surface area contributed by atoms with E-state index < -0.39 is 11.9 Å². The van der Waals surface area contributed by atoms with Gasteiger partial charge in [-0.05, 0) is 31.2 Å². The van der Waals surface area contributed by atoms with Crippen LogP contribution in [-0.2, 0) is 7.05 Å². The SMILES string of the molecule is CC(Nc1nc(N)ncc1C#N)c1c(-c2cccc(F)c2)n(C)c2ccccc2c1=O. The molecule has 7 nitrogen and oxygen atoms in total. The Morgan fingerprint density at radius 1 is 1.23 bits per heavy atom. The molecule has 2 heterocycles. The van der Waals surface area contributed by atoms with Gasteiger partial charge in [-0.25, -0.2) is 9.37 Å². The molecule has 0 aliphatic carbocycles. The molecule has 1 unspecified atom stereocenters. The van der Waals surface area contributed by atoms with Crippen LogP contribution < -0.4 is 16.5 Å². The molecule has 4 rings (SSSR count). The van der Waals surface area contributed by atoms with Crippen molar-refractivity contribution in [2.24, 2.45) is 7.05 Å². The van der Waals surface area contributed by atoms with E-state index in [9.17, 15) is 14.4 Å². The van der Waals surface area contributed by atoms with Crippen LogP contribution in [0.2, 0.25) is 0 Å². The van der Waals surface area contributed by atoms with E-state index in [1.807, 2.05) is 29.8 Å². The molecule has 0 saturated heterocycles. The summed E-state index contributed by atoms with van der Waals surface area (Å²) in [6.07, 6.45) is 1.32. The lowest BCUT2D eigenvalue weighted by atomic mass is 9.97. The molecular formula is C23H19FN6O. The van der Waals surface area contributed by atoms with Crippen LogP contribution in [-0.4, -0.2) is 14.5 Å². The molecule has 0 fully saturated rings. The average molecular weight is 414 g/mol. The van der Waals surface area contributed by atoms with Gasteiger partial charge in [-0.1, -0.05) is 24.3 Å². The van der Waals surface area contributed by atoms with Gasteiger partial charge in [0.2, 0.25) is 5.95 Å². The Morgan fingerprint density at radius 2 is 2.00 bits per heavy atom. The standard InChI is InChI=1S/C23H19FN6O/c1-13(28-22-15(11-25)12-27-23(26)29-22)19-20(14-6-5-7-16(24)10-14)30(2)18-9-4-3-8-17(18)21(19)31/h3-10,12-13H,1-2H3,(H3,26,27,28,29). The lowest BCUT2D eigenvalue weighted by molar-refractivity contribution is 0.628. The number of pyridine rings is 1. The van der Waals surface area contributed by atoms with Crippen LogP contribution in [0.15, 0.2) is 59.5 Å². The molecule has 154 valence electrons. The highest BCUT2D eigenvalue weighted by Gasteiger charge is 2.23. The van der Waals surface area contributed by atoms with Crippen molar-refractivity contribution < 1.29 is 4.39 Å². The Labute approximate surface area is 177 Å². The number of para-hydroxylation sites is 1. The van der Waals surface area contributed by atoms with Gasteiger partial charge < -0.3 is 15.6 Å². The number of fused-ring (bicyclic) bond motifs is 1. The van der Waals surface area contributed by atoms with Gasteiger partial charge in [-0.2, -0.15) is 10.2 Å². The van der Waals surface area contributed by atoms with E-state index in [1.54, 1.807) is 31.2 Å². The lowest BCUT2D eigenvalue weighted by Crippen LogP contribution is -2.23. The smallest absolute Gasteiger partial charge is 0.222 e. The Balaban J connectivity index is 1.98. The second-order valence-corrected chi connectivity index (χ2v) is 7.15. The van der Waals surface area contributed by atoms with E-state index in [1.165, 1.54) is 18.3 Å².